The maximum absolute atomic E-state index is 13.3. The zero-order valence-corrected chi connectivity index (χ0v) is 18.8. The Kier molecular flexibility index (Phi) is 7.24. The maximum atomic E-state index is 13.3. The van der Waals surface area contributed by atoms with Gasteiger partial charge in [0.25, 0.3) is 11.6 Å². The zero-order chi connectivity index (χ0) is 24.1. The molecular weight excluding hydrogens is 444 g/mol. The highest BCUT2D eigenvalue weighted by Crippen LogP contribution is 2.29. The minimum absolute atomic E-state index is 0.174. The molecule has 0 aliphatic carbocycles. The maximum Gasteiger partial charge on any atom is 0.340 e. The second-order valence-corrected chi connectivity index (χ2v) is 7.84. The number of hydrogen-bond donors (Lipinski definition) is 1. The van der Waals surface area contributed by atoms with Crippen molar-refractivity contribution >= 4 is 34.6 Å². The van der Waals surface area contributed by atoms with E-state index in [4.69, 9.17) is 14.2 Å². The van der Waals surface area contributed by atoms with Crippen LogP contribution in [0, 0.1) is 10.1 Å². The van der Waals surface area contributed by atoms with Gasteiger partial charge in [-0.15, -0.1) is 0 Å². The Morgan fingerprint density at radius 2 is 1.47 bits per heavy atom. The summed E-state index contributed by atoms with van der Waals surface area (Å²) in [4.78, 5) is 40.5. The van der Waals surface area contributed by atoms with Gasteiger partial charge in [0.15, 0.2) is 0 Å². The first-order valence-electron chi connectivity index (χ1n) is 11.0. The molecule has 0 bridgehead atoms. The van der Waals surface area contributed by atoms with E-state index in [9.17, 15) is 19.7 Å². The van der Waals surface area contributed by atoms with E-state index in [-0.39, 0.29) is 11.3 Å². The third-order valence-corrected chi connectivity index (χ3v) is 5.80. The lowest BCUT2D eigenvalue weighted by Crippen LogP contribution is -2.37. The Bertz CT molecular complexity index is 1080. The van der Waals surface area contributed by atoms with E-state index in [0.717, 1.165) is 0 Å². The second kappa shape index (κ2) is 10.5. The van der Waals surface area contributed by atoms with Gasteiger partial charge < -0.3 is 29.3 Å². The Labute approximate surface area is 196 Å². The van der Waals surface area contributed by atoms with Crippen molar-refractivity contribution < 1.29 is 28.7 Å². The van der Waals surface area contributed by atoms with Crippen molar-refractivity contribution in [3.05, 3.63) is 57.6 Å². The molecule has 2 aromatic rings. The molecule has 0 spiro atoms. The molecular formula is C23H26N4O7. The van der Waals surface area contributed by atoms with E-state index in [1.165, 1.54) is 19.2 Å². The number of morpholine rings is 2. The van der Waals surface area contributed by atoms with Gasteiger partial charge in [0.05, 0.1) is 61.0 Å². The molecule has 0 atom stereocenters. The van der Waals surface area contributed by atoms with E-state index in [0.29, 0.717) is 75.2 Å². The number of nitro benzene ring substituents is 1. The smallest absolute Gasteiger partial charge is 0.340 e. The van der Waals surface area contributed by atoms with Crippen LogP contribution in [0.1, 0.15) is 20.7 Å². The summed E-state index contributed by atoms with van der Waals surface area (Å²) >= 11 is 0. The number of benzene rings is 2. The van der Waals surface area contributed by atoms with Gasteiger partial charge in [0, 0.05) is 44.0 Å². The number of esters is 1. The number of carbonyl (C=O) groups is 2. The van der Waals surface area contributed by atoms with Gasteiger partial charge in [0.1, 0.15) is 0 Å². The van der Waals surface area contributed by atoms with Crippen molar-refractivity contribution in [2.45, 2.75) is 0 Å². The van der Waals surface area contributed by atoms with Crippen molar-refractivity contribution in [3.63, 3.8) is 0 Å². The number of rotatable bonds is 6. The van der Waals surface area contributed by atoms with Gasteiger partial charge in [-0.3, -0.25) is 14.9 Å². The van der Waals surface area contributed by atoms with Crippen LogP contribution in [-0.2, 0) is 14.2 Å². The highest BCUT2D eigenvalue weighted by Gasteiger charge is 2.24. The summed E-state index contributed by atoms with van der Waals surface area (Å²) in [7, 11) is 1.30. The Morgan fingerprint density at radius 3 is 2.03 bits per heavy atom. The number of nitrogens with zero attached hydrogens (tertiary/aromatic N) is 3. The standard InChI is InChI=1S/C23H26N4O7/c1-32-23(29)19-14-16(2-4-21(19)26-8-12-34-13-9-26)24-22(28)18-15-17(27(30)31)3-5-20(18)25-6-10-33-11-7-25/h2-5,14-15H,6-13H2,1H3,(H,24,28). The van der Waals surface area contributed by atoms with E-state index in [2.05, 4.69) is 5.32 Å². The Morgan fingerprint density at radius 1 is 0.912 bits per heavy atom. The molecule has 180 valence electrons. The second-order valence-electron chi connectivity index (χ2n) is 7.84. The largest absolute Gasteiger partial charge is 0.465 e. The number of amides is 1. The van der Waals surface area contributed by atoms with E-state index in [1.807, 2.05) is 9.80 Å². The van der Waals surface area contributed by atoms with Crippen molar-refractivity contribution in [1.29, 1.82) is 0 Å². The number of ether oxygens (including phenoxy) is 3. The summed E-state index contributed by atoms with van der Waals surface area (Å²) < 4.78 is 15.7. The van der Waals surface area contributed by atoms with Crippen LogP contribution < -0.4 is 15.1 Å². The van der Waals surface area contributed by atoms with Gasteiger partial charge in [-0.1, -0.05) is 0 Å². The Hall–Kier alpha value is -3.70. The fourth-order valence-electron chi connectivity index (χ4n) is 4.07. The first-order chi connectivity index (χ1) is 16.5. The molecule has 11 nitrogen and oxygen atoms in total. The van der Waals surface area contributed by atoms with Crippen molar-refractivity contribution in [2.75, 3.05) is 74.8 Å². The molecule has 11 heteroatoms. The van der Waals surface area contributed by atoms with E-state index in [1.54, 1.807) is 24.3 Å². The molecule has 1 N–H and O–H groups in total. The van der Waals surface area contributed by atoms with Crippen molar-refractivity contribution in [1.82, 2.24) is 0 Å². The number of methoxy groups -OCH3 is 1. The van der Waals surface area contributed by atoms with Crippen LogP contribution in [0.4, 0.5) is 22.7 Å². The number of nitro groups is 1. The summed E-state index contributed by atoms with van der Waals surface area (Å²) in [6.45, 7) is 4.51. The summed E-state index contributed by atoms with van der Waals surface area (Å²) in [5.41, 5.74) is 1.96. The van der Waals surface area contributed by atoms with Crippen LogP contribution in [0.5, 0.6) is 0 Å². The number of non-ortho nitro benzene ring substituents is 1. The SMILES string of the molecule is COC(=O)c1cc(NC(=O)c2cc([N+](=O)[O-])ccc2N2CCOCC2)ccc1N1CCOCC1. The predicted molar refractivity (Wildman–Crippen MR) is 125 cm³/mol. The van der Waals surface area contributed by atoms with Crippen LogP contribution in [-0.4, -0.2) is 76.5 Å². The summed E-state index contributed by atoms with van der Waals surface area (Å²) in [6, 6.07) is 9.24. The molecule has 0 unspecified atom stereocenters. The average Bonchev–Trinajstić information content (AvgIpc) is 2.88. The molecule has 2 saturated heterocycles. The third-order valence-electron chi connectivity index (χ3n) is 5.80. The summed E-state index contributed by atoms with van der Waals surface area (Å²) in [5.74, 6) is -1.04. The van der Waals surface area contributed by atoms with Crippen LogP contribution in [0.3, 0.4) is 0 Å². The highest BCUT2D eigenvalue weighted by molar-refractivity contribution is 6.09. The fraction of sp³-hybridized carbons (Fsp3) is 0.391. The monoisotopic (exact) mass is 470 g/mol. The van der Waals surface area contributed by atoms with E-state index < -0.39 is 16.8 Å². The van der Waals surface area contributed by atoms with Crippen molar-refractivity contribution in [2.24, 2.45) is 0 Å². The fourth-order valence-corrected chi connectivity index (χ4v) is 4.07. The molecule has 1 amide bonds. The molecule has 2 aliphatic heterocycles. The number of hydrogen-bond acceptors (Lipinski definition) is 9. The number of carbonyl (C=O) groups excluding carboxylic acids is 2. The van der Waals surface area contributed by atoms with Gasteiger partial charge in [-0.05, 0) is 24.3 Å². The average molecular weight is 470 g/mol. The lowest BCUT2D eigenvalue weighted by molar-refractivity contribution is -0.384. The molecule has 2 aromatic carbocycles. The third kappa shape index (κ3) is 5.10. The molecule has 2 fully saturated rings. The van der Waals surface area contributed by atoms with Gasteiger partial charge in [-0.2, -0.15) is 0 Å². The summed E-state index contributed by atoms with van der Waals surface area (Å²) in [5, 5.41) is 14.1. The lowest BCUT2D eigenvalue weighted by Gasteiger charge is -2.30. The molecule has 4 rings (SSSR count). The first-order valence-corrected chi connectivity index (χ1v) is 11.0. The van der Waals surface area contributed by atoms with Crippen molar-refractivity contribution in [3.8, 4) is 0 Å². The van der Waals surface area contributed by atoms with Crippen LogP contribution >= 0.6 is 0 Å². The van der Waals surface area contributed by atoms with Crippen LogP contribution in [0.2, 0.25) is 0 Å². The molecule has 0 radical (unpaired) electrons. The normalized spacial score (nSPS) is 16.1. The minimum Gasteiger partial charge on any atom is -0.465 e. The van der Waals surface area contributed by atoms with Gasteiger partial charge >= 0.3 is 5.97 Å². The quantitative estimate of drug-likeness (QED) is 0.385. The lowest BCUT2D eigenvalue weighted by atomic mass is 10.1. The summed E-state index contributed by atoms with van der Waals surface area (Å²) in [6.07, 6.45) is 0. The molecule has 34 heavy (non-hydrogen) atoms. The van der Waals surface area contributed by atoms with Gasteiger partial charge in [0.2, 0.25) is 0 Å². The molecule has 2 aliphatic rings. The topological polar surface area (TPSA) is 123 Å². The van der Waals surface area contributed by atoms with Gasteiger partial charge in [-0.25, -0.2) is 4.79 Å². The van der Waals surface area contributed by atoms with Crippen LogP contribution in [0.15, 0.2) is 36.4 Å². The number of nitrogens with one attached hydrogen (secondary N) is 1. The minimum atomic E-state index is -0.535. The molecule has 0 saturated carbocycles. The van der Waals surface area contributed by atoms with Crippen LogP contribution in [0.25, 0.3) is 0 Å². The predicted octanol–water partition coefficient (Wildman–Crippen LogP) is 2.31. The molecule has 0 aromatic heterocycles. The zero-order valence-electron chi connectivity index (χ0n) is 18.8. The molecule has 2 heterocycles. The first kappa shape index (κ1) is 23.5. The van der Waals surface area contributed by atoms with E-state index >= 15 is 0 Å². The number of anilines is 3. The highest BCUT2D eigenvalue weighted by atomic mass is 16.6. The Balaban J connectivity index is 1.64.